The minimum absolute atomic E-state index is 0.00163. The number of allylic oxidation sites excluding steroid dienone is 3. The van der Waals surface area contributed by atoms with Crippen LogP contribution < -0.4 is 5.32 Å². The Labute approximate surface area is 250 Å². The first kappa shape index (κ1) is 33.3. The molecule has 2 saturated carbocycles. The van der Waals surface area contributed by atoms with Gasteiger partial charge in [0.05, 0.1) is 5.70 Å². The average molecular weight is 568 g/mol. The van der Waals surface area contributed by atoms with E-state index in [1.54, 1.807) is 6.08 Å². The normalized spacial score (nSPS) is 29.5. The average Bonchev–Trinajstić information content (AvgIpc) is 3.67. The van der Waals surface area contributed by atoms with Crippen molar-refractivity contribution >= 4 is 18.4 Å². The number of hydrogen-bond acceptors (Lipinski definition) is 6. The minimum Gasteiger partial charge on any atom is -0.349 e. The molecular formula is C34H57N5O2. The van der Waals surface area contributed by atoms with Crippen molar-refractivity contribution in [2.45, 2.75) is 104 Å². The molecule has 0 bridgehead atoms. The lowest BCUT2D eigenvalue weighted by atomic mass is 9.82. The quantitative estimate of drug-likeness (QED) is 0.239. The van der Waals surface area contributed by atoms with E-state index in [0.29, 0.717) is 18.8 Å². The first-order valence-electron chi connectivity index (χ1n) is 16.3. The van der Waals surface area contributed by atoms with Crippen molar-refractivity contribution in [1.29, 1.82) is 0 Å². The number of hydrogen-bond donors (Lipinski definition) is 1. The molecule has 0 spiro atoms. The molecule has 230 valence electrons. The Hall–Kier alpha value is -2.25. The molecule has 7 heteroatoms. The Morgan fingerprint density at radius 2 is 1.78 bits per heavy atom. The van der Waals surface area contributed by atoms with Crippen LogP contribution in [0.2, 0.25) is 0 Å². The maximum Gasteiger partial charge on any atom is 0.249 e. The summed E-state index contributed by atoms with van der Waals surface area (Å²) in [5.41, 5.74) is 3.46. The van der Waals surface area contributed by atoms with Gasteiger partial charge in [0.15, 0.2) is 0 Å². The van der Waals surface area contributed by atoms with Crippen molar-refractivity contribution in [2.75, 3.05) is 39.8 Å². The van der Waals surface area contributed by atoms with Gasteiger partial charge in [0.1, 0.15) is 6.29 Å². The van der Waals surface area contributed by atoms with E-state index in [1.807, 2.05) is 33.9 Å². The topological polar surface area (TPSA) is 68.2 Å². The van der Waals surface area contributed by atoms with Crippen LogP contribution in [0.4, 0.5) is 0 Å². The van der Waals surface area contributed by atoms with Crippen LogP contribution in [0, 0.1) is 17.8 Å². The molecule has 0 aromatic rings. The molecule has 0 aromatic carbocycles. The van der Waals surface area contributed by atoms with Crippen molar-refractivity contribution in [2.24, 2.45) is 22.9 Å². The van der Waals surface area contributed by atoms with Crippen LogP contribution in [-0.2, 0) is 9.59 Å². The van der Waals surface area contributed by atoms with Gasteiger partial charge in [-0.1, -0.05) is 52.7 Å². The second-order valence-corrected chi connectivity index (χ2v) is 12.6. The maximum atomic E-state index is 12.6. The zero-order valence-corrected chi connectivity index (χ0v) is 26.8. The molecule has 2 aliphatic carbocycles. The first-order valence-corrected chi connectivity index (χ1v) is 16.3. The van der Waals surface area contributed by atoms with Gasteiger partial charge in [0.25, 0.3) is 0 Å². The third kappa shape index (κ3) is 8.87. The van der Waals surface area contributed by atoms with Crippen LogP contribution in [0.15, 0.2) is 40.2 Å². The van der Waals surface area contributed by atoms with Crippen molar-refractivity contribution in [1.82, 2.24) is 20.1 Å². The third-order valence-corrected chi connectivity index (χ3v) is 9.70. The number of rotatable bonds is 7. The van der Waals surface area contributed by atoms with E-state index in [0.717, 1.165) is 47.2 Å². The molecule has 1 saturated heterocycles. The number of carbonyl (C=O) groups is 2. The summed E-state index contributed by atoms with van der Waals surface area (Å²) in [7, 11) is 2.23. The van der Waals surface area contributed by atoms with E-state index in [9.17, 15) is 9.59 Å². The van der Waals surface area contributed by atoms with Gasteiger partial charge in [-0.05, 0) is 76.0 Å². The molecular weight excluding hydrogens is 510 g/mol. The van der Waals surface area contributed by atoms with Crippen molar-refractivity contribution in [3.8, 4) is 0 Å². The molecule has 7 nitrogen and oxygen atoms in total. The second kappa shape index (κ2) is 16.4. The smallest absolute Gasteiger partial charge is 0.249 e. The van der Waals surface area contributed by atoms with E-state index in [1.165, 1.54) is 71.1 Å². The van der Waals surface area contributed by atoms with E-state index in [-0.39, 0.29) is 17.9 Å². The fourth-order valence-corrected chi connectivity index (χ4v) is 7.09. The summed E-state index contributed by atoms with van der Waals surface area (Å²) in [5, 5.41) is 9.81. The monoisotopic (exact) mass is 567 g/mol. The van der Waals surface area contributed by atoms with Crippen LogP contribution in [0.25, 0.3) is 0 Å². The van der Waals surface area contributed by atoms with Crippen LogP contribution in [0.1, 0.15) is 92.4 Å². The van der Waals surface area contributed by atoms with Crippen LogP contribution in [0.5, 0.6) is 0 Å². The van der Waals surface area contributed by atoms with Crippen molar-refractivity contribution < 1.29 is 9.59 Å². The zero-order valence-electron chi connectivity index (χ0n) is 26.8. The molecule has 3 aliphatic heterocycles. The Balaban J connectivity index is 0.000000274. The highest BCUT2D eigenvalue weighted by atomic mass is 16.2. The highest BCUT2D eigenvalue weighted by molar-refractivity contribution is 5.98. The van der Waals surface area contributed by atoms with Gasteiger partial charge in [0, 0.05) is 68.9 Å². The maximum absolute atomic E-state index is 12.6. The Morgan fingerprint density at radius 3 is 2.37 bits per heavy atom. The summed E-state index contributed by atoms with van der Waals surface area (Å²) in [6.45, 7) is 20.1. The number of aldehydes is 1. The molecule has 1 amide bonds. The number of nitrogens with one attached hydrogen (secondary N) is 1. The van der Waals surface area contributed by atoms with Crippen LogP contribution in [0.3, 0.4) is 0 Å². The molecule has 5 rings (SSSR count). The Morgan fingerprint density at radius 1 is 1.10 bits per heavy atom. The second-order valence-electron chi connectivity index (χ2n) is 12.6. The van der Waals surface area contributed by atoms with Gasteiger partial charge in [-0.15, -0.1) is 0 Å². The minimum atomic E-state index is -0.0397. The Kier molecular flexibility index (Phi) is 13.3. The van der Waals surface area contributed by atoms with Gasteiger partial charge in [0.2, 0.25) is 5.91 Å². The molecule has 5 aliphatic rings. The lowest BCUT2D eigenvalue weighted by molar-refractivity contribution is -0.119. The highest BCUT2D eigenvalue weighted by Crippen LogP contribution is 2.38. The summed E-state index contributed by atoms with van der Waals surface area (Å²) < 4.78 is 0. The van der Waals surface area contributed by atoms with Crippen molar-refractivity contribution in [3.63, 3.8) is 0 Å². The molecule has 3 heterocycles. The lowest BCUT2D eigenvalue weighted by Gasteiger charge is -2.40. The Bertz CT molecular complexity index is 972. The first-order chi connectivity index (χ1) is 19.8. The third-order valence-electron chi connectivity index (χ3n) is 9.70. The summed E-state index contributed by atoms with van der Waals surface area (Å²) in [6, 6.07) is 0.904. The van der Waals surface area contributed by atoms with E-state index >= 15 is 0 Å². The number of piperazine rings is 1. The molecule has 0 radical (unpaired) electrons. The number of amides is 1. The van der Waals surface area contributed by atoms with Crippen LogP contribution >= 0.6 is 0 Å². The SMILES string of the molecule is C=C/C(C)=C(/C=O)CC1C2=C(CC=NN2CC2CCC(C)C2)C(=O)NC1C.CC.CN1CCN(C2CCCC2)CC1. The molecule has 0 aromatic heterocycles. The van der Waals surface area contributed by atoms with E-state index in [4.69, 9.17) is 0 Å². The fraction of sp³-hybridized carbons (Fsp3) is 0.735. The molecule has 1 N–H and O–H groups in total. The number of nitrogens with zero attached hydrogens (tertiary/aromatic N) is 4. The molecule has 41 heavy (non-hydrogen) atoms. The zero-order chi connectivity index (χ0) is 29.9. The molecule has 4 atom stereocenters. The van der Waals surface area contributed by atoms with E-state index in [2.05, 4.69) is 45.8 Å². The lowest BCUT2D eigenvalue weighted by Crippen LogP contribution is -2.49. The summed E-state index contributed by atoms with van der Waals surface area (Å²) in [5.74, 6) is 1.42. The van der Waals surface area contributed by atoms with Gasteiger partial charge in [-0.25, -0.2) is 0 Å². The number of likely N-dealkylation sites (N-methyl/N-ethyl adjacent to an activating group) is 1. The summed E-state index contributed by atoms with van der Waals surface area (Å²) in [6.07, 6.45) is 15.2. The summed E-state index contributed by atoms with van der Waals surface area (Å²) in [4.78, 5) is 29.4. The molecule has 4 unspecified atom stereocenters. The van der Waals surface area contributed by atoms with Gasteiger partial charge < -0.3 is 10.2 Å². The number of hydrazone groups is 1. The fourth-order valence-electron chi connectivity index (χ4n) is 7.09. The predicted molar refractivity (Wildman–Crippen MR) is 171 cm³/mol. The van der Waals surface area contributed by atoms with Gasteiger partial charge in [-0.3, -0.25) is 19.5 Å². The van der Waals surface area contributed by atoms with Crippen LogP contribution in [-0.4, -0.2) is 85.1 Å². The standard InChI is InChI=1S/C22H31N3O2.C10H20N2.C2H6/c1-5-15(3)18(13-26)11-20-16(4)24-22(27)19-8-9-23-25(21(19)20)12-17-7-6-14(2)10-17;1-11-6-8-12(9-7-11)10-4-2-3-5-10;1-2/h5,9,13-14,16-17,20H,1,6-8,10-12H2,2-4H3,(H,24,27);10H,2-9H2,1H3;1-2H3/b18-15+;;. The number of carbonyl (C=O) groups excluding carboxylic acids is 2. The van der Waals surface area contributed by atoms with Crippen molar-refractivity contribution in [3.05, 3.63) is 35.1 Å². The van der Waals surface area contributed by atoms with Gasteiger partial charge in [-0.2, -0.15) is 5.10 Å². The molecule has 3 fully saturated rings. The van der Waals surface area contributed by atoms with Gasteiger partial charge >= 0.3 is 0 Å². The highest BCUT2D eigenvalue weighted by Gasteiger charge is 2.39. The largest absolute Gasteiger partial charge is 0.349 e. The van der Waals surface area contributed by atoms with E-state index < -0.39 is 0 Å². The predicted octanol–water partition coefficient (Wildman–Crippen LogP) is 5.80. The summed E-state index contributed by atoms with van der Waals surface area (Å²) >= 11 is 0.